The fourth-order valence-electron chi connectivity index (χ4n) is 2.45. The summed E-state index contributed by atoms with van der Waals surface area (Å²) < 4.78 is 1.14. The number of hydrogen-bond acceptors (Lipinski definition) is 4. The summed E-state index contributed by atoms with van der Waals surface area (Å²) in [5, 5.41) is 12.2. The van der Waals surface area contributed by atoms with Crippen molar-refractivity contribution in [3.8, 4) is 6.07 Å². The first-order valence-electron chi connectivity index (χ1n) is 6.15. The van der Waals surface area contributed by atoms with E-state index in [9.17, 15) is 0 Å². The Balaban J connectivity index is 1.86. The lowest BCUT2D eigenvalue weighted by Gasteiger charge is -2.14. The number of rotatable bonds is 2. The molecular formula is C14H10BrClN4. The Morgan fingerprint density at radius 1 is 1.45 bits per heavy atom. The van der Waals surface area contributed by atoms with E-state index in [1.165, 1.54) is 11.1 Å². The molecular weight excluding hydrogens is 340 g/mol. The summed E-state index contributed by atoms with van der Waals surface area (Å²) in [6.45, 7) is 0. The maximum atomic E-state index is 8.79. The Bertz CT molecular complexity index is 711. The highest BCUT2D eigenvalue weighted by Crippen LogP contribution is 2.37. The molecule has 4 nitrogen and oxygen atoms in total. The molecule has 0 unspecified atom stereocenters. The lowest BCUT2D eigenvalue weighted by molar-refractivity contribution is 0.756. The van der Waals surface area contributed by atoms with E-state index >= 15 is 0 Å². The van der Waals surface area contributed by atoms with Crippen molar-refractivity contribution in [2.75, 3.05) is 5.32 Å². The monoisotopic (exact) mass is 348 g/mol. The maximum Gasteiger partial charge on any atom is 0.178 e. The number of hydrogen-bond donors (Lipinski definition) is 1. The van der Waals surface area contributed by atoms with Gasteiger partial charge in [-0.2, -0.15) is 5.26 Å². The predicted octanol–water partition coefficient (Wildman–Crippen LogP) is 3.86. The first kappa shape index (κ1) is 13.3. The van der Waals surface area contributed by atoms with Crippen molar-refractivity contribution in [2.24, 2.45) is 0 Å². The summed E-state index contributed by atoms with van der Waals surface area (Å²) in [5.41, 5.74) is 2.74. The standard InChI is InChI=1S/C14H10BrClN4/c15-10-3-1-2-9-8(10)4-5-11(9)19-13-7-18-12(6-17)14(16)20-13/h1-3,7,11H,4-5H2,(H,19,20)/t11-/m0/s1. The smallest absolute Gasteiger partial charge is 0.178 e. The van der Waals surface area contributed by atoms with Crippen molar-refractivity contribution < 1.29 is 0 Å². The predicted molar refractivity (Wildman–Crippen MR) is 80.6 cm³/mol. The molecule has 0 bridgehead atoms. The average Bonchev–Trinajstić information content (AvgIpc) is 2.84. The largest absolute Gasteiger partial charge is 0.362 e. The van der Waals surface area contributed by atoms with E-state index in [2.05, 4.69) is 43.3 Å². The summed E-state index contributed by atoms with van der Waals surface area (Å²) in [6, 6.07) is 8.29. The van der Waals surface area contributed by atoms with Gasteiger partial charge in [-0.3, -0.25) is 0 Å². The lowest BCUT2D eigenvalue weighted by Crippen LogP contribution is -2.09. The fourth-order valence-corrected chi connectivity index (χ4v) is 3.21. The fraction of sp³-hybridized carbons (Fsp3) is 0.214. The van der Waals surface area contributed by atoms with Crippen LogP contribution in [0.1, 0.15) is 29.3 Å². The number of nitrogens with zero attached hydrogens (tertiary/aromatic N) is 3. The molecule has 3 rings (SSSR count). The molecule has 1 aliphatic carbocycles. The van der Waals surface area contributed by atoms with Gasteiger partial charge in [0.15, 0.2) is 10.8 Å². The SMILES string of the molecule is N#Cc1ncc(N[C@H]2CCc3c(Br)cccc32)nc1Cl. The second kappa shape index (κ2) is 5.39. The number of aromatic nitrogens is 2. The third-order valence-corrected chi connectivity index (χ3v) is 4.38. The maximum absolute atomic E-state index is 8.79. The van der Waals surface area contributed by atoms with Gasteiger partial charge in [-0.05, 0) is 30.0 Å². The van der Waals surface area contributed by atoms with Crippen LogP contribution in [-0.4, -0.2) is 9.97 Å². The van der Waals surface area contributed by atoms with E-state index in [0.29, 0.717) is 5.82 Å². The highest BCUT2D eigenvalue weighted by molar-refractivity contribution is 9.10. The number of halogens is 2. The topological polar surface area (TPSA) is 61.6 Å². The normalized spacial score (nSPS) is 16.6. The summed E-state index contributed by atoms with van der Waals surface area (Å²) >= 11 is 9.47. The van der Waals surface area contributed by atoms with Gasteiger partial charge in [0.05, 0.1) is 12.2 Å². The molecule has 0 fully saturated rings. The molecule has 1 aliphatic rings. The van der Waals surface area contributed by atoms with E-state index in [-0.39, 0.29) is 16.9 Å². The summed E-state index contributed by atoms with van der Waals surface area (Å²) in [6.07, 6.45) is 3.56. The molecule has 1 heterocycles. The number of anilines is 1. The van der Waals surface area contributed by atoms with Crippen molar-refractivity contribution >= 4 is 33.3 Å². The third kappa shape index (κ3) is 2.37. The van der Waals surface area contributed by atoms with Crippen molar-refractivity contribution in [3.05, 3.63) is 50.8 Å². The van der Waals surface area contributed by atoms with Crippen LogP contribution in [0.2, 0.25) is 5.15 Å². The van der Waals surface area contributed by atoms with Gasteiger partial charge in [0.1, 0.15) is 11.9 Å². The van der Waals surface area contributed by atoms with Crippen LogP contribution < -0.4 is 5.32 Å². The summed E-state index contributed by atoms with van der Waals surface area (Å²) in [5.74, 6) is 0.590. The summed E-state index contributed by atoms with van der Waals surface area (Å²) in [4.78, 5) is 8.15. The van der Waals surface area contributed by atoms with Crippen molar-refractivity contribution in [2.45, 2.75) is 18.9 Å². The van der Waals surface area contributed by atoms with E-state index < -0.39 is 0 Å². The van der Waals surface area contributed by atoms with Crippen LogP contribution in [0.25, 0.3) is 0 Å². The zero-order chi connectivity index (χ0) is 14.1. The molecule has 0 aliphatic heterocycles. The molecule has 20 heavy (non-hydrogen) atoms. The quantitative estimate of drug-likeness (QED) is 0.894. The molecule has 100 valence electrons. The van der Waals surface area contributed by atoms with Crippen molar-refractivity contribution in [1.29, 1.82) is 5.26 Å². The van der Waals surface area contributed by atoms with Crippen LogP contribution >= 0.6 is 27.5 Å². The number of nitrogens with one attached hydrogen (secondary N) is 1. The van der Waals surface area contributed by atoms with Crippen molar-refractivity contribution in [3.63, 3.8) is 0 Å². The summed E-state index contributed by atoms with van der Waals surface area (Å²) in [7, 11) is 0. The molecule has 0 saturated carbocycles. The van der Waals surface area contributed by atoms with Gasteiger partial charge in [-0.25, -0.2) is 9.97 Å². The minimum Gasteiger partial charge on any atom is -0.362 e. The number of fused-ring (bicyclic) bond motifs is 1. The minimum atomic E-state index is 0.130. The molecule has 0 amide bonds. The van der Waals surface area contributed by atoms with Crippen LogP contribution in [0, 0.1) is 11.3 Å². The first-order chi connectivity index (χ1) is 9.69. The molecule has 2 aromatic rings. The molecule has 1 aromatic heterocycles. The van der Waals surface area contributed by atoms with Gasteiger partial charge < -0.3 is 5.32 Å². The van der Waals surface area contributed by atoms with Crippen LogP contribution in [0.4, 0.5) is 5.82 Å². The minimum absolute atomic E-state index is 0.130. The van der Waals surface area contributed by atoms with Gasteiger partial charge >= 0.3 is 0 Å². The Morgan fingerprint density at radius 2 is 2.30 bits per heavy atom. The zero-order valence-corrected chi connectivity index (χ0v) is 12.7. The molecule has 0 saturated heterocycles. The van der Waals surface area contributed by atoms with E-state index in [1.54, 1.807) is 6.20 Å². The average molecular weight is 350 g/mol. The van der Waals surface area contributed by atoms with E-state index in [0.717, 1.165) is 17.3 Å². The molecule has 6 heteroatoms. The van der Waals surface area contributed by atoms with Gasteiger partial charge in [0.2, 0.25) is 0 Å². The van der Waals surface area contributed by atoms with Gasteiger partial charge in [-0.1, -0.05) is 39.7 Å². The molecule has 0 spiro atoms. The first-order valence-corrected chi connectivity index (χ1v) is 7.32. The van der Waals surface area contributed by atoms with Gasteiger partial charge in [-0.15, -0.1) is 0 Å². The van der Waals surface area contributed by atoms with Crippen LogP contribution in [0.15, 0.2) is 28.9 Å². The highest BCUT2D eigenvalue weighted by atomic mass is 79.9. The second-order valence-electron chi connectivity index (χ2n) is 4.55. The number of nitriles is 1. The second-order valence-corrected chi connectivity index (χ2v) is 5.76. The Morgan fingerprint density at radius 3 is 3.05 bits per heavy atom. The lowest BCUT2D eigenvalue weighted by atomic mass is 10.1. The van der Waals surface area contributed by atoms with Crippen LogP contribution in [0.5, 0.6) is 0 Å². The van der Waals surface area contributed by atoms with E-state index in [4.69, 9.17) is 16.9 Å². The highest BCUT2D eigenvalue weighted by Gasteiger charge is 2.24. The van der Waals surface area contributed by atoms with Crippen LogP contribution in [-0.2, 0) is 6.42 Å². The Hall–Kier alpha value is -1.64. The van der Waals surface area contributed by atoms with Gasteiger partial charge in [0, 0.05) is 4.47 Å². The molecule has 0 radical (unpaired) electrons. The third-order valence-electron chi connectivity index (χ3n) is 3.37. The zero-order valence-electron chi connectivity index (χ0n) is 10.4. The Kier molecular flexibility index (Phi) is 3.60. The number of benzene rings is 1. The van der Waals surface area contributed by atoms with Crippen LogP contribution in [0.3, 0.4) is 0 Å². The van der Waals surface area contributed by atoms with Crippen molar-refractivity contribution in [1.82, 2.24) is 9.97 Å². The molecule has 1 N–H and O–H groups in total. The Labute approximate surface area is 129 Å². The van der Waals surface area contributed by atoms with E-state index in [1.807, 2.05) is 12.1 Å². The van der Waals surface area contributed by atoms with Gasteiger partial charge in [0.25, 0.3) is 0 Å². The molecule has 1 aromatic carbocycles. The molecule has 1 atom stereocenters.